The zero-order chi connectivity index (χ0) is 15.4. The first-order valence-corrected chi connectivity index (χ1v) is 6.68. The maximum atomic E-state index is 13.4. The van der Waals surface area contributed by atoms with Crippen LogP contribution in [-0.2, 0) is 11.3 Å². The SMILES string of the molecule is O=C(NCc1cc(F)ccc1F)NC1CCCC1C(=O)O. The molecule has 2 atom stereocenters. The minimum absolute atomic E-state index is 0.0337. The van der Waals surface area contributed by atoms with Crippen LogP contribution in [0, 0.1) is 17.6 Å². The van der Waals surface area contributed by atoms with Gasteiger partial charge in [-0.15, -0.1) is 0 Å². The van der Waals surface area contributed by atoms with Crippen molar-refractivity contribution in [1.29, 1.82) is 0 Å². The molecule has 2 amide bonds. The largest absolute Gasteiger partial charge is 0.481 e. The number of hydrogen-bond acceptors (Lipinski definition) is 2. The predicted molar refractivity (Wildman–Crippen MR) is 70.5 cm³/mol. The van der Waals surface area contributed by atoms with Crippen molar-refractivity contribution in [2.75, 3.05) is 0 Å². The molecular weight excluding hydrogens is 282 g/mol. The van der Waals surface area contributed by atoms with Crippen molar-refractivity contribution < 1.29 is 23.5 Å². The third-order valence-corrected chi connectivity index (χ3v) is 3.60. The Bertz CT molecular complexity index is 551. The molecule has 0 spiro atoms. The summed E-state index contributed by atoms with van der Waals surface area (Å²) in [5.41, 5.74) is 0.0337. The second-order valence-electron chi connectivity index (χ2n) is 5.04. The highest BCUT2D eigenvalue weighted by molar-refractivity contribution is 5.77. The molecule has 1 saturated carbocycles. The van der Waals surface area contributed by atoms with E-state index in [1.807, 2.05) is 0 Å². The molecule has 1 aromatic rings. The molecule has 114 valence electrons. The average Bonchev–Trinajstić information content (AvgIpc) is 2.88. The number of halogens is 2. The zero-order valence-electron chi connectivity index (χ0n) is 11.2. The lowest BCUT2D eigenvalue weighted by atomic mass is 10.0. The highest BCUT2D eigenvalue weighted by Crippen LogP contribution is 2.25. The molecule has 0 aliphatic heterocycles. The minimum Gasteiger partial charge on any atom is -0.481 e. The fraction of sp³-hybridized carbons (Fsp3) is 0.429. The minimum atomic E-state index is -0.936. The van der Waals surface area contributed by atoms with Gasteiger partial charge in [-0.2, -0.15) is 0 Å². The number of carboxylic acid groups (broad SMARTS) is 1. The Hall–Kier alpha value is -2.18. The third-order valence-electron chi connectivity index (χ3n) is 3.60. The van der Waals surface area contributed by atoms with Gasteiger partial charge >= 0.3 is 12.0 Å². The van der Waals surface area contributed by atoms with Gasteiger partial charge in [0.25, 0.3) is 0 Å². The van der Waals surface area contributed by atoms with Crippen LogP contribution in [0.1, 0.15) is 24.8 Å². The molecule has 2 unspecified atom stereocenters. The van der Waals surface area contributed by atoms with Crippen LogP contribution in [0.5, 0.6) is 0 Å². The van der Waals surface area contributed by atoms with Gasteiger partial charge < -0.3 is 15.7 Å². The summed E-state index contributed by atoms with van der Waals surface area (Å²) < 4.78 is 26.4. The Kier molecular flexibility index (Phi) is 4.72. The van der Waals surface area contributed by atoms with Gasteiger partial charge in [-0.3, -0.25) is 4.79 Å². The summed E-state index contributed by atoms with van der Waals surface area (Å²) in [7, 11) is 0. The second-order valence-corrected chi connectivity index (χ2v) is 5.04. The maximum Gasteiger partial charge on any atom is 0.315 e. The number of amides is 2. The molecule has 0 bridgehead atoms. The van der Waals surface area contributed by atoms with E-state index < -0.39 is 35.6 Å². The standard InChI is InChI=1S/C14H16F2N2O3/c15-9-4-5-11(16)8(6-9)7-17-14(21)18-12-3-1-2-10(12)13(19)20/h4-6,10,12H,1-3,7H2,(H,19,20)(H2,17,18,21). The molecule has 1 fully saturated rings. The van der Waals surface area contributed by atoms with Crippen LogP contribution in [0.2, 0.25) is 0 Å². The monoisotopic (exact) mass is 298 g/mol. The van der Waals surface area contributed by atoms with E-state index in [1.165, 1.54) is 0 Å². The average molecular weight is 298 g/mol. The third kappa shape index (κ3) is 3.90. The lowest BCUT2D eigenvalue weighted by molar-refractivity contribution is -0.142. The van der Waals surface area contributed by atoms with E-state index in [4.69, 9.17) is 5.11 Å². The Morgan fingerprint density at radius 2 is 2.05 bits per heavy atom. The van der Waals surface area contributed by atoms with Crippen LogP contribution in [0.15, 0.2) is 18.2 Å². The van der Waals surface area contributed by atoms with Gasteiger partial charge in [0.05, 0.1) is 5.92 Å². The van der Waals surface area contributed by atoms with Crippen LogP contribution in [-0.4, -0.2) is 23.1 Å². The van der Waals surface area contributed by atoms with Crippen molar-refractivity contribution in [1.82, 2.24) is 10.6 Å². The Labute approximate surface area is 120 Å². The van der Waals surface area contributed by atoms with Crippen molar-refractivity contribution >= 4 is 12.0 Å². The highest BCUT2D eigenvalue weighted by atomic mass is 19.1. The lowest BCUT2D eigenvalue weighted by Crippen LogP contribution is -2.45. The summed E-state index contributed by atoms with van der Waals surface area (Å²) in [6.07, 6.45) is 1.86. The summed E-state index contributed by atoms with van der Waals surface area (Å²) in [4.78, 5) is 22.7. The fourth-order valence-electron chi connectivity index (χ4n) is 2.50. The van der Waals surface area contributed by atoms with Crippen molar-refractivity contribution in [2.45, 2.75) is 31.8 Å². The Balaban J connectivity index is 1.87. The van der Waals surface area contributed by atoms with Gasteiger partial charge in [0.15, 0.2) is 0 Å². The molecule has 1 aliphatic rings. The molecule has 3 N–H and O–H groups in total. The molecule has 5 nitrogen and oxygen atoms in total. The summed E-state index contributed by atoms with van der Waals surface area (Å²) in [5.74, 6) is -2.73. The van der Waals surface area contributed by atoms with Crippen molar-refractivity contribution in [3.8, 4) is 0 Å². The normalized spacial score (nSPS) is 21.0. The van der Waals surface area contributed by atoms with E-state index in [2.05, 4.69) is 10.6 Å². The van der Waals surface area contributed by atoms with Gasteiger partial charge in [-0.1, -0.05) is 6.42 Å². The van der Waals surface area contributed by atoms with Crippen LogP contribution in [0.3, 0.4) is 0 Å². The van der Waals surface area contributed by atoms with Gasteiger partial charge in [-0.25, -0.2) is 13.6 Å². The molecule has 0 radical (unpaired) electrons. The molecule has 0 heterocycles. The number of aliphatic carboxylic acids is 1. The van der Waals surface area contributed by atoms with Crippen LogP contribution >= 0.6 is 0 Å². The molecule has 1 aromatic carbocycles. The maximum absolute atomic E-state index is 13.4. The van der Waals surface area contributed by atoms with Gasteiger partial charge in [-0.05, 0) is 31.0 Å². The smallest absolute Gasteiger partial charge is 0.315 e. The highest BCUT2D eigenvalue weighted by Gasteiger charge is 2.33. The Morgan fingerprint density at radius 1 is 1.29 bits per heavy atom. The second kappa shape index (κ2) is 6.51. The fourth-order valence-corrected chi connectivity index (χ4v) is 2.50. The molecule has 7 heteroatoms. The van der Waals surface area contributed by atoms with E-state index in [0.717, 1.165) is 24.6 Å². The molecule has 1 aliphatic carbocycles. The summed E-state index contributed by atoms with van der Waals surface area (Å²) in [5, 5.41) is 14.0. The number of carboxylic acids is 1. The van der Waals surface area contributed by atoms with Crippen LogP contribution in [0.25, 0.3) is 0 Å². The summed E-state index contributed by atoms with van der Waals surface area (Å²) in [6.45, 7) is -0.167. The summed E-state index contributed by atoms with van der Waals surface area (Å²) >= 11 is 0. The molecule has 0 aromatic heterocycles. The number of rotatable bonds is 4. The van der Waals surface area contributed by atoms with E-state index in [9.17, 15) is 18.4 Å². The predicted octanol–water partition coefficient (Wildman–Crippen LogP) is 2.02. The van der Waals surface area contributed by atoms with E-state index in [1.54, 1.807) is 0 Å². The van der Waals surface area contributed by atoms with Gasteiger partial charge in [0, 0.05) is 18.2 Å². The summed E-state index contributed by atoms with van der Waals surface area (Å²) in [6, 6.07) is 1.97. The number of nitrogens with one attached hydrogen (secondary N) is 2. The van der Waals surface area contributed by atoms with Gasteiger partial charge in [0.1, 0.15) is 11.6 Å². The molecular formula is C14H16F2N2O3. The number of benzene rings is 1. The Morgan fingerprint density at radius 3 is 2.76 bits per heavy atom. The number of carbonyl (C=O) groups is 2. The van der Waals surface area contributed by atoms with E-state index in [0.29, 0.717) is 12.8 Å². The van der Waals surface area contributed by atoms with E-state index in [-0.39, 0.29) is 12.1 Å². The first kappa shape index (κ1) is 15.2. The first-order valence-electron chi connectivity index (χ1n) is 6.68. The van der Waals surface area contributed by atoms with Crippen molar-refractivity contribution in [3.63, 3.8) is 0 Å². The molecule has 2 rings (SSSR count). The lowest BCUT2D eigenvalue weighted by Gasteiger charge is -2.18. The van der Waals surface area contributed by atoms with Crippen LogP contribution in [0.4, 0.5) is 13.6 Å². The van der Waals surface area contributed by atoms with Crippen LogP contribution < -0.4 is 10.6 Å². The quantitative estimate of drug-likeness (QED) is 0.795. The van der Waals surface area contributed by atoms with Gasteiger partial charge in [0.2, 0.25) is 0 Å². The molecule has 0 saturated heterocycles. The number of hydrogen-bond donors (Lipinski definition) is 3. The topological polar surface area (TPSA) is 78.4 Å². The number of urea groups is 1. The van der Waals surface area contributed by atoms with E-state index >= 15 is 0 Å². The van der Waals surface area contributed by atoms with Crippen molar-refractivity contribution in [2.24, 2.45) is 5.92 Å². The number of carbonyl (C=O) groups excluding carboxylic acids is 1. The molecule has 21 heavy (non-hydrogen) atoms. The first-order chi connectivity index (χ1) is 9.97. The van der Waals surface area contributed by atoms with Crippen molar-refractivity contribution in [3.05, 3.63) is 35.4 Å². The zero-order valence-corrected chi connectivity index (χ0v) is 11.2.